The second-order valence-electron chi connectivity index (χ2n) is 5.46. The second-order valence-corrected chi connectivity index (χ2v) is 6.50. The number of aromatic nitrogens is 1. The number of hydrogen-bond donors (Lipinski definition) is 1. The normalized spacial score (nSPS) is 11.0. The van der Waals surface area contributed by atoms with Crippen LogP contribution in [0, 0.1) is 5.92 Å². The van der Waals surface area contributed by atoms with Crippen molar-refractivity contribution in [2.24, 2.45) is 5.92 Å². The standard InChI is InChI=1S/C16H23N3S/c1-13(2)9-18-10-14-6-7-17-11-16(14)19(3)12-15-5-4-8-20-15/h4-8,11,13,18H,9-10,12H2,1-3H3. The quantitative estimate of drug-likeness (QED) is 0.845. The van der Waals surface area contributed by atoms with Crippen LogP contribution in [0.4, 0.5) is 5.69 Å². The van der Waals surface area contributed by atoms with Gasteiger partial charge in [0.05, 0.1) is 18.4 Å². The van der Waals surface area contributed by atoms with E-state index in [4.69, 9.17) is 0 Å². The number of pyridine rings is 1. The lowest BCUT2D eigenvalue weighted by Gasteiger charge is -2.21. The van der Waals surface area contributed by atoms with Crippen molar-refractivity contribution in [2.75, 3.05) is 18.5 Å². The molecule has 0 spiro atoms. The zero-order valence-corrected chi connectivity index (χ0v) is 13.3. The van der Waals surface area contributed by atoms with Gasteiger partial charge in [0.15, 0.2) is 0 Å². The first-order valence-corrected chi connectivity index (χ1v) is 7.92. The van der Waals surface area contributed by atoms with Crippen molar-refractivity contribution >= 4 is 17.0 Å². The van der Waals surface area contributed by atoms with Gasteiger partial charge in [-0.15, -0.1) is 11.3 Å². The van der Waals surface area contributed by atoms with Gasteiger partial charge in [0.2, 0.25) is 0 Å². The molecule has 2 aromatic heterocycles. The third kappa shape index (κ3) is 4.32. The highest BCUT2D eigenvalue weighted by molar-refractivity contribution is 7.09. The van der Waals surface area contributed by atoms with Gasteiger partial charge >= 0.3 is 0 Å². The average molecular weight is 289 g/mol. The van der Waals surface area contributed by atoms with E-state index in [9.17, 15) is 0 Å². The highest BCUT2D eigenvalue weighted by atomic mass is 32.1. The lowest BCUT2D eigenvalue weighted by atomic mass is 10.2. The van der Waals surface area contributed by atoms with Gasteiger partial charge in [0.25, 0.3) is 0 Å². The van der Waals surface area contributed by atoms with Crippen LogP contribution in [0.25, 0.3) is 0 Å². The third-order valence-electron chi connectivity index (χ3n) is 3.14. The van der Waals surface area contributed by atoms with Gasteiger partial charge in [-0.05, 0) is 35.5 Å². The van der Waals surface area contributed by atoms with Gasteiger partial charge < -0.3 is 10.2 Å². The Hall–Kier alpha value is -1.39. The second kappa shape index (κ2) is 7.41. The van der Waals surface area contributed by atoms with E-state index in [1.165, 1.54) is 16.1 Å². The number of anilines is 1. The molecule has 0 radical (unpaired) electrons. The van der Waals surface area contributed by atoms with E-state index in [0.29, 0.717) is 5.92 Å². The summed E-state index contributed by atoms with van der Waals surface area (Å²) >= 11 is 1.80. The van der Waals surface area contributed by atoms with Crippen LogP contribution in [-0.4, -0.2) is 18.6 Å². The number of thiophene rings is 1. The predicted molar refractivity (Wildman–Crippen MR) is 87.2 cm³/mol. The van der Waals surface area contributed by atoms with E-state index in [-0.39, 0.29) is 0 Å². The molecule has 108 valence electrons. The molecule has 0 fully saturated rings. The fourth-order valence-corrected chi connectivity index (χ4v) is 2.88. The van der Waals surface area contributed by atoms with Crippen LogP contribution in [-0.2, 0) is 13.1 Å². The van der Waals surface area contributed by atoms with E-state index in [1.54, 1.807) is 11.3 Å². The van der Waals surface area contributed by atoms with Gasteiger partial charge in [0.1, 0.15) is 0 Å². The number of nitrogens with zero attached hydrogens (tertiary/aromatic N) is 2. The van der Waals surface area contributed by atoms with Crippen molar-refractivity contribution in [1.82, 2.24) is 10.3 Å². The number of rotatable bonds is 7. The molecule has 0 aliphatic heterocycles. The smallest absolute Gasteiger partial charge is 0.0599 e. The Bertz CT molecular complexity index is 508. The first-order chi connectivity index (χ1) is 9.66. The van der Waals surface area contributed by atoms with Gasteiger partial charge in [-0.1, -0.05) is 19.9 Å². The Morgan fingerprint density at radius 1 is 1.35 bits per heavy atom. The van der Waals surface area contributed by atoms with Crippen molar-refractivity contribution in [3.05, 3.63) is 46.4 Å². The van der Waals surface area contributed by atoms with E-state index < -0.39 is 0 Å². The fourth-order valence-electron chi connectivity index (χ4n) is 2.13. The molecule has 4 heteroatoms. The molecule has 0 aliphatic rings. The molecule has 0 aliphatic carbocycles. The molecule has 0 aromatic carbocycles. The molecule has 0 saturated heterocycles. The van der Waals surface area contributed by atoms with E-state index in [1.807, 2.05) is 12.4 Å². The molecule has 20 heavy (non-hydrogen) atoms. The molecule has 0 atom stereocenters. The molecule has 2 rings (SSSR count). The minimum absolute atomic E-state index is 0.670. The summed E-state index contributed by atoms with van der Waals surface area (Å²) in [5, 5.41) is 5.63. The molecule has 2 aromatic rings. The molecular weight excluding hydrogens is 266 g/mol. The Balaban J connectivity index is 2.02. The maximum atomic E-state index is 4.27. The molecule has 1 N–H and O–H groups in total. The Labute approximate surface area is 125 Å². The zero-order valence-electron chi connectivity index (χ0n) is 12.5. The topological polar surface area (TPSA) is 28.2 Å². The summed E-state index contributed by atoms with van der Waals surface area (Å²) < 4.78 is 0. The van der Waals surface area contributed by atoms with Gasteiger partial charge in [0, 0.05) is 24.7 Å². The zero-order chi connectivity index (χ0) is 14.4. The highest BCUT2D eigenvalue weighted by Gasteiger charge is 2.08. The molecule has 0 saturated carbocycles. The summed E-state index contributed by atoms with van der Waals surface area (Å²) in [6.45, 7) is 7.31. The number of hydrogen-bond acceptors (Lipinski definition) is 4. The van der Waals surface area contributed by atoms with Crippen molar-refractivity contribution in [2.45, 2.75) is 26.9 Å². The Morgan fingerprint density at radius 2 is 2.20 bits per heavy atom. The van der Waals surface area contributed by atoms with Gasteiger partial charge in [-0.2, -0.15) is 0 Å². The van der Waals surface area contributed by atoms with Crippen molar-refractivity contribution in [1.29, 1.82) is 0 Å². The molecule has 0 amide bonds. The van der Waals surface area contributed by atoms with Crippen LogP contribution < -0.4 is 10.2 Å². The molecule has 3 nitrogen and oxygen atoms in total. The summed E-state index contributed by atoms with van der Waals surface area (Å²) in [6, 6.07) is 6.38. The van der Waals surface area contributed by atoms with Crippen molar-refractivity contribution in [3.63, 3.8) is 0 Å². The summed E-state index contributed by atoms with van der Waals surface area (Å²) in [6.07, 6.45) is 3.83. The maximum absolute atomic E-state index is 4.27. The van der Waals surface area contributed by atoms with Crippen LogP contribution >= 0.6 is 11.3 Å². The van der Waals surface area contributed by atoms with E-state index in [2.05, 4.69) is 59.7 Å². The predicted octanol–water partition coefficient (Wildman–Crippen LogP) is 3.53. The minimum atomic E-state index is 0.670. The first kappa shape index (κ1) is 15.0. The largest absolute Gasteiger partial charge is 0.368 e. The lowest BCUT2D eigenvalue weighted by molar-refractivity contribution is 0.552. The van der Waals surface area contributed by atoms with Gasteiger partial charge in [-0.3, -0.25) is 4.98 Å². The Morgan fingerprint density at radius 3 is 2.90 bits per heavy atom. The van der Waals surface area contributed by atoms with E-state index >= 15 is 0 Å². The molecule has 2 heterocycles. The van der Waals surface area contributed by atoms with Crippen LogP contribution in [0.3, 0.4) is 0 Å². The SMILES string of the molecule is CC(C)CNCc1ccncc1N(C)Cc1cccs1. The van der Waals surface area contributed by atoms with E-state index in [0.717, 1.165) is 19.6 Å². The molecule has 0 unspecified atom stereocenters. The first-order valence-electron chi connectivity index (χ1n) is 7.04. The maximum Gasteiger partial charge on any atom is 0.0599 e. The molecule has 0 bridgehead atoms. The van der Waals surface area contributed by atoms with Crippen molar-refractivity contribution in [3.8, 4) is 0 Å². The van der Waals surface area contributed by atoms with Gasteiger partial charge in [-0.25, -0.2) is 0 Å². The summed E-state index contributed by atoms with van der Waals surface area (Å²) in [5.41, 5.74) is 2.51. The minimum Gasteiger partial charge on any atom is -0.368 e. The molecular formula is C16H23N3S. The summed E-state index contributed by atoms with van der Waals surface area (Å²) in [7, 11) is 2.13. The average Bonchev–Trinajstić information content (AvgIpc) is 2.91. The Kier molecular flexibility index (Phi) is 5.56. The van der Waals surface area contributed by atoms with Crippen LogP contribution in [0.5, 0.6) is 0 Å². The summed E-state index contributed by atoms with van der Waals surface area (Å²) in [5.74, 6) is 0.670. The monoisotopic (exact) mass is 289 g/mol. The van der Waals surface area contributed by atoms with Crippen LogP contribution in [0.1, 0.15) is 24.3 Å². The summed E-state index contributed by atoms with van der Waals surface area (Å²) in [4.78, 5) is 7.91. The lowest BCUT2D eigenvalue weighted by Crippen LogP contribution is -2.22. The van der Waals surface area contributed by atoms with Crippen molar-refractivity contribution < 1.29 is 0 Å². The van der Waals surface area contributed by atoms with Crippen LogP contribution in [0.15, 0.2) is 36.0 Å². The third-order valence-corrected chi connectivity index (χ3v) is 4.00. The number of nitrogens with one attached hydrogen (secondary N) is 1. The highest BCUT2D eigenvalue weighted by Crippen LogP contribution is 2.21. The van der Waals surface area contributed by atoms with Crippen LogP contribution in [0.2, 0.25) is 0 Å². The fraction of sp³-hybridized carbons (Fsp3) is 0.438.